The van der Waals surface area contributed by atoms with Crippen molar-refractivity contribution in [2.45, 2.75) is 25.4 Å². The third-order valence-corrected chi connectivity index (χ3v) is 5.38. The Bertz CT molecular complexity index is 994. The molecule has 1 saturated heterocycles. The minimum absolute atomic E-state index is 0. The van der Waals surface area contributed by atoms with E-state index in [1.807, 2.05) is 36.8 Å². The molecule has 0 bridgehead atoms. The molecule has 0 aliphatic carbocycles. The SMILES string of the molecule is CC1(c2ccccn2)CN(Cc2ccccn2)CCN(Cc2ccccn2)C1.CO.[Ni+2].[O-][Cl+3]([O-])([O-])[O-].[O-][Cl+3]([O-])([O-])[O-]. The van der Waals surface area contributed by atoms with Gasteiger partial charge in [-0.2, -0.15) is 0 Å². The summed E-state index contributed by atoms with van der Waals surface area (Å²) in [5.41, 5.74) is 3.32. The fraction of sp³-hybridized carbons (Fsp3) is 0.375. The van der Waals surface area contributed by atoms with Crippen LogP contribution in [-0.4, -0.2) is 63.1 Å². The van der Waals surface area contributed by atoms with E-state index in [4.69, 9.17) is 47.4 Å². The zero-order valence-electron chi connectivity index (χ0n) is 22.2. The number of pyridine rings is 3. The van der Waals surface area contributed by atoms with Crippen LogP contribution in [0.5, 0.6) is 0 Å². The molecule has 0 atom stereocenters. The zero-order chi connectivity index (χ0) is 30.2. The van der Waals surface area contributed by atoms with Crippen LogP contribution in [0.15, 0.2) is 73.2 Å². The van der Waals surface area contributed by atoms with Crippen molar-refractivity contribution in [2.75, 3.05) is 33.3 Å². The molecule has 0 saturated carbocycles. The van der Waals surface area contributed by atoms with Gasteiger partial charge in [-0.15, -0.1) is 20.5 Å². The van der Waals surface area contributed by atoms with Crippen LogP contribution in [0.25, 0.3) is 0 Å². The second-order valence-corrected chi connectivity index (χ2v) is 10.1. The van der Waals surface area contributed by atoms with Crippen LogP contribution in [-0.2, 0) is 35.0 Å². The van der Waals surface area contributed by atoms with Gasteiger partial charge in [0.1, 0.15) is 0 Å². The van der Waals surface area contributed by atoms with E-state index in [0.717, 1.165) is 63.5 Å². The first-order chi connectivity index (χ1) is 18.7. The Labute approximate surface area is 252 Å². The summed E-state index contributed by atoms with van der Waals surface area (Å²) < 4.78 is 67.9. The van der Waals surface area contributed by atoms with E-state index in [1.54, 1.807) is 0 Å². The molecule has 0 aromatic carbocycles. The van der Waals surface area contributed by atoms with E-state index >= 15 is 0 Å². The molecule has 0 amide bonds. The molecule has 3 aromatic rings. The van der Waals surface area contributed by atoms with Crippen molar-refractivity contribution in [3.63, 3.8) is 0 Å². The predicted molar refractivity (Wildman–Crippen MR) is 119 cm³/mol. The summed E-state index contributed by atoms with van der Waals surface area (Å²) in [4.78, 5) is 18.8. The Hall–Kier alpha value is -1.92. The Kier molecular flexibility index (Phi) is 18.4. The summed E-state index contributed by atoms with van der Waals surface area (Å²) in [6.45, 7) is 7.98. The summed E-state index contributed by atoms with van der Waals surface area (Å²) >= 11 is 0. The number of hydrogen-bond acceptors (Lipinski definition) is 14. The van der Waals surface area contributed by atoms with Gasteiger partial charge in [0.25, 0.3) is 0 Å². The van der Waals surface area contributed by atoms with Crippen LogP contribution in [0.1, 0.15) is 24.0 Å². The van der Waals surface area contributed by atoms with E-state index in [9.17, 15) is 0 Å². The van der Waals surface area contributed by atoms with Crippen LogP contribution in [0.2, 0.25) is 0 Å². The summed E-state index contributed by atoms with van der Waals surface area (Å²) in [5, 5.41) is 7.00. The Morgan fingerprint density at radius 3 is 1.29 bits per heavy atom. The van der Waals surface area contributed by atoms with Crippen LogP contribution in [0.4, 0.5) is 0 Å². The van der Waals surface area contributed by atoms with Gasteiger partial charge in [-0.05, 0) is 36.4 Å². The van der Waals surface area contributed by atoms with Gasteiger partial charge in [0.05, 0.1) is 11.4 Å². The first-order valence-corrected chi connectivity index (χ1v) is 14.0. The summed E-state index contributed by atoms with van der Waals surface area (Å²) in [6, 6.07) is 18.5. The number of aromatic nitrogens is 3. The Balaban J connectivity index is 0.00000105. The minimum Gasteiger partial charge on any atom is -0.400 e. The van der Waals surface area contributed by atoms with E-state index in [0.29, 0.717) is 0 Å². The fourth-order valence-corrected chi connectivity index (χ4v) is 4.07. The molecule has 4 heterocycles. The van der Waals surface area contributed by atoms with Crippen LogP contribution in [0, 0.1) is 20.5 Å². The van der Waals surface area contributed by atoms with Gasteiger partial charge in [0, 0.05) is 76.1 Å². The molecule has 0 unspecified atom stereocenters. The van der Waals surface area contributed by atoms with Crippen molar-refractivity contribution < 1.29 is 79.4 Å². The average Bonchev–Trinajstić information content (AvgIpc) is 3.04. The predicted octanol–water partition coefficient (Wildman–Crippen LogP) is -6.76. The molecule has 3 aromatic heterocycles. The first kappa shape index (κ1) is 39.1. The van der Waals surface area contributed by atoms with E-state index in [-0.39, 0.29) is 21.9 Å². The van der Waals surface area contributed by atoms with Gasteiger partial charge in [-0.3, -0.25) is 24.8 Å². The van der Waals surface area contributed by atoms with Crippen molar-refractivity contribution in [1.82, 2.24) is 24.8 Å². The number of aliphatic hydroxyl groups excluding tert-OH is 1. The van der Waals surface area contributed by atoms with Gasteiger partial charge in [-0.25, -0.2) is 37.3 Å². The van der Waals surface area contributed by atoms with Crippen molar-refractivity contribution in [2.24, 2.45) is 0 Å². The fourth-order valence-electron chi connectivity index (χ4n) is 4.07. The molecular formula is C24H31Cl2N5NiO9. The third kappa shape index (κ3) is 19.0. The molecule has 17 heteroatoms. The maximum absolute atomic E-state index is 8.49. The van der Waals surface area contributed by atoms with E-state index in [1.165, 1.54) is 0 Å². The number of aliphatic hydroxyl groups is 1. The summed E-state index contributed by atoms with van der Waals surface area (Å²) in [6.07, 6.45) is 5.65. The van der Waals surface area contributed by atoms with Gasteiger partial charge >= 0.3 is 16.5 Å². The second kappa shape index (κ2) is 19.3. The number of halogens is 2. The van der Waals surface area contributed by atoms with Gasteiger partial charge in [0.2, 0.25) is 0 Å². The monoisotopic (exact) mass is 661 g/mol. The van der Waals surface area contributed by atoms with Crippen LogP contribution < -0.4 is 37.3 Å². The number of nitrogens with zero attached hydrogens (tertiary/aromatic N) is 5. The van der Waals surface area contributed by atoms with Crippen molar-refractivity contribution >= 4 is 0 Å². The normalized spacial score (nSPS) is 15.3. The quantitative estimate of drug-likeness (QED) is 0.249. The molecule has 0 radical (unpaired) electrons. The molecule has 41 heavy (non-hydrogen) atoms. The van der Waals surface area contributed by atoms with Crippen LogP contribution in [0.3, 0.4) is 0 Å². The molecule has 14 nitrogen and oxygen atoms in total. The largest absolute Gasteiger partial charge is 2.00 e. The number of hydrogen-bond donors (Lipinski definition) is 1. The van der Waals surface area contributed by atoms with Crippen molar-refractivity contribution in [1.29, 1.82) is 0 Å². The summed E-state index contributed by atoms with van der Waals surface area (Å²) in [7, 11) is -8.89. The molecule has 1 aliphatic rings. The average molecular weight is 663 g/mol. The molecule has 0 spiro atoms. The van der Waals surface area contributed by atoms with Crippen molar-refractivity contribution in [3.8, 4) is 0 Å². The molecule has 1 fully saturated rings. The van der Waals surface area contributed by atoms with Gasteiger partial charge in [-0.1, -0.05) is 25.1 Å². The maximum Gasteiger partial charge on any atom is 2.00 e. The Morgan fingerprint density at radius 2 is 1.00 bits per heavy atom. The Morgan fingerprint density at radius 1 is 0.659 bits per heavy atom. The molecule has 1 N–H and O–H groups in total. The van der Waals surface area contributed by atoms with E-state index < -0.39 is 20.5 Å². The topological polar surface area (TPSA) is 250 Å². The van der Waals surface area contributed by atoms with Gasteiger partial charge in [0.15, 0.2) is 0 Å². The molecule has 230 valence electrons. The first-order valence-electron chi connectivity index (χ1n) is 11.6. The summed E-state index contributed by atoms with van der Waals surface area (Å²) in [5.74, 6) is 0. The van der Waals surface area contributed by atoms with Crippen molar-refractivity contribution in [3.05, 3.63) is 90.3 Å². The maximum atomic E-state index is 8.49. The standard InChI is InChI=1S/C23H27N5.CH4O.2ClHO4.Ni/c1-23(22-10-4-7-13-26-22)18-27(16-20-8-2-5-11-24-20)14-15-28(19-23)17-21-9-3-6-12-25-21;1-2;2*2-1(3,4)5;/h2-13H,14-19H2,1H3;2H,1H3;2*(H,2,3,4,5);/q;;;;+2/p-2. The zero-order valence-corrected chi connectivity index (χ0v) is 24.7. The minimum atomic E-state index is -4.94. The van der Waals surface area contributed by atoms with E-state index in [2.05, 4.69) is 63.1 Å². The number of rotatable bonds is 5. The second-order valence-electron chi connectivity index (χ2n) is 8.60. The van der Waals surface area contributed by atoms with Crippen LogP contribution >= 0.6 is 0 Å². The smallest absolute Gasteiger partial charge is 0.400 e. The molecule has 1 aliphatic heterocycles. The van der Waals surface area contributed by atoms with Gasteiger partial charge < -0.3 is 5.11 Å². The third-order valence-electron chi connectivity index (χ3n) is 5.38. The molecular weight excluding hydrogens is 632 g/mol. The molecule has 4 rings (SSSR count).